The molecule has 0 aliphatic rings. The Morgan fingerprint density at radius 3 is 0.938 bits per heavy atom. The van der Waals surface area contributed by atoms with Crippen LogP contribution in [-0.4, -0.2) is 18.5 Å². The molecule has 9 heteroatoms. The van der Waals surface area contributed by atoms with Crippen molar-refractivity contribution in [3.05, 3.63) is 0 Å². The van der Waals surface area contributed by atoms with Crippen molar-refractivity contribution in [2.24, 2.45) is 5.41 Å². The van der Waals surface area contributed by atoms with Crippen molar-refractivity contribution >= 4 is 0 Å². The van der Waals surface area contributed by atoms with Crippen molar-refractivity contribution in [2.45, 2.75) is 38.3 Å². The van der Waals surface area contributed by atoms with E-state index < -0.39 is 36.8 Å². The van der Waals surface area contributed by atoms with Crippen LogP contribution in [0.25, 0.3) is 0 Å². The summed E-state index contributed by atoms with van der Waals surface area (Å²) in [6.45, 7) is 0.817. The standard InChI is InChI=1S/C7H7F9/c1-2-3-4(5(8,9)10,6(11,12)13)7(14,15)16/h2-3H2,1H3. The monoisotopic (exact) mass is 262 g/mol. The lowest BCUT2D eigenvalue weighted by molar-refractivity contribution is -0.428. The van der Waals surface area contributed by atoms with Crippen LogP contribution in [0.15, 0.2) is 0 Å². The first-order chi connectivity index (χ1) is 6.81. The average molecular weight is 262 g/mol. The van der Waals surface area contributed by atoms with E-state index in [1.165, 1.54) is 0 Å². The van der Waals surface area contributed by atoms with Gasteiger partial charge in [-0.05, 0) is 6.42 Å². The summed E-state index contributed by atoms with van der Waals surface area (Å²) in [5.74, 6) is 0. The van der Waals surface area contributed by atoms with E-state index in [0.29, 0.717) is 0 Å². The fourth-order valence-electron chi connectivity index (χ4n) is 1.28. The number of hydrogen-bond donors (Lipinski definition) is 0. The van der Waals surface area contributed by atoms with E-state index in [-0.39, 0.29) is 0 Å². The van der Waals surface area contributed by atoms with Gasteiger partial charge in [-0.15, -0.1) is 0 Å². The highest BCUT2D eigenvalue weighted by Gasteiger charge is 2.82. The normalized spacial score (nSPS) is 15.4. The Kier molecular flexibility index (Phi) is 3.83. The largest absolute Gasteiger partial charge is 0.412 e. The fraction of sp³-hybridized carbons (Fsp3) is 1.00. The Labute approximate surface area is 84.4 Å². The molecule has 0 radical (unpaired) electrons. The summed E-state index contributed by atoms with van der Waals surface area (Å²) in [4.78, 5) is 0. The van der Waals surface area contributed by atoms with Gasteiger partial charge in [0.2, 0.25) is 0 Å². The second kappa shape index (κ2) is 3.99. The third kappa shape index (κ3) is 2.22. The summed E-state index contributed by atoms with van der Waals surface area (Å²) in [5.41, 5.74) is -5.64. The van der Waals surface area contributed by atoms with Gasteiger partial charge < -0.3 is 0 Å². The van der Waals surface area contributed by atoms with E-state index >= 15 is 0 Å². The molecule has 0 fully saturated rings. The van der Waals surface area contributed by atoms with Crippen LogP contribution in [0.3, 0.4) is 0 Å². The second-order valence-electron chi connectivity index (χ2n) is 3.15. The maximum atomic E-state index is 12.1. The minimum Gasteiger partial charge on any atom is -0.170 e. The highest BCUT2D eigenvalue weighted by molar-refractivity contribution is 4.98. The zero-order chi connectivity index (χ0) is 13.4. The molecule has 0 saturated carbocycles. The zero-order valence-corrected chi connectivity index (χ0v) is 7.82. The summed E-state index contributed by atoms with van der Waals surface area (Å²) in [7, 11) is 0. The molecule has 0 aromatic carbocycles. The van der Waals surface area contributed by atoms with Crippen molar-refractivity contribution in [3.8, 4) is 0 Å². The first-order valence-corrected chi connectivity index (χ1v) is 4.01. The molecule has 0 bridgehead atoms. The third-order valence-corrected chi connectivity index (χ3v) is 2.08. The van der Waals surface area contributed by atoms with Crippen LogP contribution in [0.1, 0.15) is 19.8 Å². The molecule has 0 nitrogen and oxygen atoms in total. The molecule has 0 N–H and O–H groups in total. The highest BCUT2D eigenvalue weighted by atomic mass is 19.4. The lowest BCUT2D eigenvalue weighted by atomic mass is 9.81. The zero-order valence-electron chi connectivity index (χ0n) is 7.82. The fourth-order valence-corrected chi connectivity index (χ4v) is 1.28. The van der Waals surface area contributed by atoms with Crippen LogP contribution in [0.2, 0.25) is 0 Å². The van der Waals surface area contributed by atoms with Gasteiger partial charge in [-0.2, -0.15) is 39.5 Å². The molecule has 98 valence electrons. The van der Waals surface area contributed by atoms with Crippen molar-refractivity contribution < 1.29 is 39.5 Å². The summed E-state index contributed by atoms with van der Waals surface area (Å²) < 4.78 is 109. The molecule has 0 unspecified atom stereocenters. The SMILES string of the molecule is CCCC(C(F)(F)F)(C(F)(F)F)C(F)(F)F. The average Bonchev–Trinajstić information content (AvgIpc) is 1.91. The lowest BCUT2D eigenvalue weighted by Gasteiger charge is -2.38. The van der Waals surface area contributed by atoms with Crippen LogP contribution in [0.4, 0.5) is 39.5 Å². The smallest absolute Gasteiger partial charge is 0.170 e. The highest BCUT2D eigenvalue weighted by Crippen LogP contribution is 2.61. The van der Waals surface area contributed by atoms with Crippen LogP contribution in [0.5, 0.6) is 0 Å². The Hall–Kier alpha value is -0.630. The molecule has 16 heavy (non-hydrogen) atoms. The molecular formula is C7H7F9. The van der Waals surface area contributed by atoms with Crippen molar-refractivity contribution in [2.75, 3.05) is 0 Å². The van der Waals surface area contributed by atoms with E-state index in [4.69, 9.17) is 0 Å². The Balaban J connectivity index is 5.82. The Morgan fingerprint density at radius 2 is 0.875 bits per heavy atom. The molecule has 0 aromatic heterocycles. The van der Waals surface area contributed by atoms with E-state index in [1.54, 1.807) is 0 Å². The molecule has 0 atom stereocenters. The molecule has 0 saturated heterocycles. The van der Waals surface area contributed by atoms with E-state index in [0.717, 1.165) is 6.92 Å². The lowest BCUT2D eigenvalue weighted by Crippen LogP contribution is -2.59. The first-order valence-electron chi connectivity index (χ1n) is 4.01. The minimum absolute atomic E-state index is 0.817. The summed E-state index contributed by atoms with van der Waals surface area (Å²) in [6, 6.07) is 0. The maximum Gasteiger partial charge on any atom is 0.412 e. The number of halogens is 9. The van der Waals surface area contributed by atoms with Gasteiger partial charge in [0.25, 0.3) is 5.41 Å². The van der Waals surface area contributed by atoms with E-state index in [2.05, 4.69) is 0 Å². The van der Waals surface area contributed by atoms with Gasteiger partial charge in [-0.25, -0.2) is 0 Å². The van der Waals surface area contributed by atoms with Gasteiger partial charge in [0.05, 0.1) is 0 Å². The molecule has 0 aliphatic carbocycles. The van der Waals surface area contributed by atoms with Crippen LogP contribution >= 0.6 is 0 Å². The van der Waals surface area contributed by atoms with Gasteiger partial charge in [-0.3, -0.25) is 0 Å². The van der Waals surface area contributed by atoms with Crippen molar-refractivity contribution in [1.82, 2.24) is 0 Å². The molecule has 0 rings (SSSR count). The van der Waals surface area contributed by atoms with Crippen LogP contribution in [-0.2, 0) is 0 Å². The molecule has 0 heterocycles. The third-order valence-electron chi connectivity index (χ3n) is 2.08. The summed E-state index contributed by atoms with van der Waals surface area (Å²) in [6.07, 6.45) is -22.2. The van der Waals surface area contributed by atoms with Crippen LogP contribution in [0, 0.1) is 5.41 Å². The number of alkyl halides is 9. The molecule has 0 aliphatic heterocycles. The summed E-state index contributed by atoms with van der Waals surface area (Å²) in [5, 5.41) is 0. The Morgan fingerprint density at radius 1 is 0.625 bits per heavy atom. The van der Waals surface area contributed by atoms with Gasteiger partial charge in [0, 0.05) is 0 Å². The molecular weight excluding hydrogens is 255 g/mol. The van der Waals surface area contributed by atoms with Gasteiger partial charge in [0.1, 0.15) is 0 Å². The van der Waals surface area contributed by atoms with Crippen molar-refractivity contribution in [1.29, 1.82) is 0 Å². The summed E-state index contributed by atoms with van der Waals surface area (Å²) >= 11 is 0. The van der Waals surface area contributed by atoms with E-state index in [1.807, 2.05) is 0 Å². The first kappa shape index (κ1) is 15.4. The molecule has 0 spiro atoms. The predicted molar refractivity (Wildman–Crippen MR) is 35.5 cm³/mol. The van der Waals surface area contributed by atoms with Crippen molar-refractivity contribution in [3.63, 3.8) is 0 Å². The quantitative estimate of drug-likeness (QED) is 0.644. The topological polar surface area (TPSA) is 0 Å². The van der Waals surface area contributed by atoms with Gasteiger partial charge in [-0.1, -0.05) is 13.3 Å². The maximum absolute atomic E-state index is 12.1. The second-order valence-corrected chi connectivity index (χ2v) is 3.15. The molecule has 0 aromatic rings. The Bertz CT molecular complexity index is 194. The molecule has 0 amide bonds. The predicted octanol–water partition coefficient (Wildman–Crippen LogP) is 4.46. The van der Waals surface area contributed by atoms with Gasteiger partial charge in [0.15, 0.2) is 0 Å². The number of rotatable bonds is 2. The van der Waals surface area contributed by atoms with Crippen LogP contribution < -0.4 is 0 Å². The van der Waals surface area contributed by atoms with E-state index in [9.17, 15) is 39.5 Å². The number of hydrogen-bond acceptors (Lipinski definition) is 0. The minimum atomic E-state index is -6.42. The van der Waals surface area contributed by atoms with Gasteiger partial charge >= 0.3 is 18.5 Å².